The lowest BCUT2D eigenvalue weighted by molar-refractivity contribution is -0.118. The van der Waals surface area contributed by atoms with Gasteiger partial charge in [-0.25, -0.2) is 4.98 Å². The van der Waals surface area contributed by atoms with Crippen molar-refractivity contribution in [3.63, 3.8) is 0 Å². The number of thiazole rings is 1. The summed E-state index contributed by atoms with van der Waals surface area (Å²) in [5.74, 6) is 0.0153. The fourth-order valence-electron chi connectivity index (χ4n) is 0.722. The largest absolute Gasteiger partial charge is 0.356 e. The molecule has 0 fully saturated rings. The van der Waals surface area contributed by atoms with E-state index in [1.807, 2.05) is 5.38 Å². The third-order valence-corrected chi connectivity index (χ3v) is 2.04. The zero-order valence-electron chi connectivity index (χ0n) is 6.33. The van der Waals surface area contributed by atoms with Crippen LogP contribution in [0.4, 0.5) is 0 Å². The van der Waals surface area contributed by atoms with E-state index in [9.17, 15) is 4.79 Å². The Kier molecular flexibility index (Phi) is 3.04. The van der Waals surface area contributed by atoms with Crippen molar-refractivity contribution >= 4 is 17.2 Å². The van der Waals surface area contributed by atoms with Crippen molar-refractivity contribution < 1.29 is 4.79 Å². The van der Waals surface area contributed by atoms with Gasteiger partial charge in [0.1, 0.15) is 0 Å². The summed E-state index contributed by atoms with van der Waals surface area (Å²) in [6, 6.07) is 0. The number of nitrogens with one attached hydrogen (secondary N) is 1. The average molecular weight is 170 g/mol. The van der Waals surface area contributed by atoms with E-state index in [0.717, 1.165) is 11.4 Å². The van der Waals surface area contributed by atoms with E-state index in [1.54, 1.807) is 17.5 Å². The molecule has 1 aromatic heterocycles. The Morgan fingerprint density at radius 3 is 3.18 bits per heavy atom. The molecule has 0 saturated heterocycles. The van der Waals surface area contributed by atoms with Crippen LogP contribution in [0.25, 0.3) is 0 Å². The molecule has 0 radical (unpaired) electrons. The molecule has 0 aromatic carbocycles. The second-order valence-corrected chi connectivity index (χ2v) is 3.14. The number of hydrogen-bond donors (Lipinski definition) is 1. The van der Waals surface area contributed by atoms with E-state index in [1.165, 1.54) is 6.92 Å². The zero-order valence-corrected chi connectivity index (χ0v) is 7.15. The second kappa shape index (κ2) is 4.08. The first kappa shape index (κ1) is 8.20. The smallest absolute Gasteiger partial charge is 0.216 e. The minimum atomic E-state index is 0.0153. The van der Waals surface area contributed by atoms with Gasteiger partial charge in [-0.3, -0.25) is 4.79 Å². The first-order chi connectivity index (χ1) is 5.29. The lowest BCUT2D eigenvalue weighted by Gasteiger charge is -1.97. The van der Waals surface area contributed by atoms with Crippen molar-refractivity contribution in [1.82, 2.24) is 10.3 Å². The maximum absolute atomic E-state index is 10.4. The van der Waals surface area contributed by atoms with Gasteiger partial charge in [-0.05, 0) is 0 Å². The molecular weight excluding hydrogens is 160 g/mol. The molecular formula is C7H10N2OS. The standard InChI is InChI=1S/C7H10N2OS/c1-6(10)8-3-2-7-9-4-5-11-7/h4-5H,2-3H2,1H3,(H,8,10). The van der Waals surface area contributed by atoms with Gasteiger partial charge in [-0.2, -0.15) is 0 Å². The molecule has 0 aliphatic heterocycles. The molecule has 0 spiro atoms. The van der Waals surface area contributed by atoms with Crippen LogP contribution in [0.15, 0.2) is 11.6 Å². The summed E-state index contributed by atoms with van der Waals surface area (Å²) in [5, 5.41) is 5.71. The number of aromatic nitrogens is 1. The van der Waals surface area contributed by atoms with Crippen LogP contribution in [0, 0.1) is 0 Å². The minimum Gasteiger partial charge on any atom is -0.356 e. The molecule has 0 unspecified atom stereocenters. The second-order valence-electron chi connectivity index (χ2n) is 2.16. The lowest BCUT2D eigenvalue weighted by Crippen LogP contribution is -2.22. The van der Waals surface area contributed by atoms with Crippen molar-refractivity contribution in [3.8, 4) is 0 Å². The van der Waals surface area contributed by atoms with Gasteiger partial charge in [-0.1, -0.05) is 0 Å². The van der Waals surface area contributed by atoms with Gasteiger partial charge in [0, 0.05) is 31.5 Å². The van der Waals surface area contributed by atoms with Crippen molar-refractivity contribution in [1.29, 1.82) is 0 Å². The van der Waals surface area contributed by atoms with Gasteiger partial charge in [0.05, 0.1) is 5.01 Å². The van der Waals surface area contributed by atoms with Crippen molar-refractivity contribution in [2.75, 3.05) is 6.54 Å². The van der Waals surface area contributed by atoms with Gasteiger partial charge < -0.3 is 5.32 Å². The monoisotopic (exact) mass is 170 g/mol. The summed E-state index contributed by atoms with van der Waals surface area (Å²) in [6.45, 7) is 2.20. The maximum atomic E-state index is 10.4. The molecule has 0 aliphatic rings. The van der Waals surface area contributed by atoms with Crippen LogP contribution in [0.5, 0.6) is 0 Å². The normalized spacial score (nSPS) is 9.55. The predicted molar refractivity (Wildman–Crippen MR) is 44.5 cm³/mol. The fourth-order valence-corrected chi connectivity index (χ4v) is 1.34. The molecule has 4 heteroatoms. The van der Waals surface area contributed by atoms with Crippen LogP contribution in [-0.2, 0) is 11.2 Å². The Labute approximate surface area is 69.5 Å². The molecule has 0 saturated carbocycles. The highest BCUT2D eigenvalue weighted by molar-refractivity contribution is 7.09. The molecule has 0 bridgehead atoms. The van der Waals surface area contributed by atoms with E-state index < -0.39 is 0 Å². The van der Waals surface area contributed by atoms with Crippen LogP contribution < -0.4 is 5.32 Å². The van der Waals surface area contributed by atoms with E-state index in [2.05, 4.69) is 10.3 Å². The Hall–Kier alpha value is -0.900. The number of nitrogens with zero attached hydrogens (tertiary/aromatic N) is 1. The Morgan fingerprint density at radius 2 is 2.64 bits per heavy atom. The molecule has 1 heterocycles. The van der Waals surface area contributed by atoms with Gasteiger partial charge in [-0.15, -0.1) is 11.3 Å². The van der Waals surface area contributed by atoms with E-state index in [-0.39, 0.29) is 5.91 Å². The highest BCUT2D eigenvalue weighted by Crippen LogP contribution is 2.03. The molecule has 1 rings (SSSR count). The van der Waals surface area contributed by atoms with Crippen LogP contribution in [0.1, 0.15) is 11.9 Å². The van der Waals surface area contributed by atoms with Crippen molar-refractivity contribution in [3.05, 3.63) is 16.6 Å². The average Bonchev–Trinajstić information content (AvgIpc) is 2.39. The van der Waals surface area contributed by atoms with Crippen molar-refractivity contribution in [2.24, 2.45) is 0 Å². The zero-order chi connectivity index (χ0) is 8.10. The van der Waals surface area contributed by atoms with Crippen molar-refractivity contribution in [2.45, 2.75) is 13.3 Å². The van der Waals surface area contributed by atoms with E-state index in [0.29, 0.717) is 6.54 Å². The van der Waals surface area contributed by atoms with Gasteiger partial charge in [0.2, 0.25) is 5.91 Å². The van der Waals surface area contributed by atoms with Crippen LogP contribution in [0.2, 0.25) is 0 Å². The number of amides is 1. The summed E-state index contributed by atoms with van der Waals surface area (Å²) >= 11 is 1.61. The number of carbonyl (C=O) groups excluding carboxylic acids is 1. The summed E-state index contributed by atoms with van der Waals surface area (Å²) in [7, 11) is 0. The highest BCUT2D eigenvalue weighted by atomic mass is 32.1. The Bertz CT molecular complexity index is 220. The Morgan fingerprint density at radius 1 is 1.82 bits per heavy atom. The summed E-state index contributed by atoms with van der Waals surface area (Å²) in [6.07, 6.45) is 2.60. The van der Waals surface area contributed by atoms with Gasteiger partial charge in [0.15, 0.2) is 0 Å². The lowest BCUT2D eigenvalue weighted by atomic mass is 10.4. The van der Waals surface area contributed by atoms with Crippen LogP contribution >= 0.6 is 11.3 Å². The molecule has 1 amide bonds. The first-order valence-electron chi connectivity index (χ1n) is 3.42. The highest BCUT2D eigenvalue weighted by Gasteiger charge is 1.94. The fraction of sp³-hybridized carbons (Fsp3) is 0.429. The minimum absolute atomic E-state index is 0.0153. The molecule has 1 aromatic rings. The SMILES string of the molecule is CC(=O)NCCc1nccs1. The molecule has 11 heavy (non-hydrogen) atoms. The molecule has 60 valence electrons. The third kappa shape index (κ3) is 3.13. The molecule has 3 nitrogen and oxygen atoms in total. The van der Waals surface area contributed by atoms with Crippen LogP contribution in [0.3, 0.4) is 0 Å². The predicted octanol–water partition coefficient (Wildman–Crippen LogP) is 0.822. The van der Waals surface area contributed by atoms with Gasteiger partial charge in [0.25, 0.3) is 0 Å². The summed E-state index contributed by atoms with van der Waals surface area (Å²) < 4.78 is 0. The number of hydrogen-bond acceptors (Lipinski definition) is 3. The molecule has 0 atom stereocenters. The molecule has 1 N–H and O–H groups in total. The number of rotatable bonds is 3. The quantitative estimate of drug-likeness (QED) is 0.729. The topological polar surface area (TPSA) is 42.0 Å². The number of carbonyl (C=O) groups is 1. The van der Waals surface area contributed by atoms with E-state index >= 15 is 0 Å². The summed E-state index contributed by atoms with van der Waals surface area (Å²) in [4.78, 5) is 14.5. The van der Waals surface area contributed by atoms with Gasteiger partial charge >= 0.3 is 0 Å². The first-order valence-corrected chi connectivity index (χ1v) is 4.30. The molecule has 0 aliphatic carbocycles. The van der Waals surface area contributed by atoms with Crippen LogP contribution in [-0.4, -0.2) is 17.4 Å². The van der Waals surface area contributed by atoms with E-state index in [4.69, 9.17) is 0 Å². The third-order valence-electron chi connectivity index (χ3n) is 1.20. The Balaban J connectivity index is 2.19. The maximum Gasteiger partial charge on any atom is 0.216 e. The summed E-state index contributed by atoms with van der Waals surface area (Å²) in [5.41, 5.74) is 0.